The van der Waals surface area contributed by atoms with E-state index in [0.717, 1.165) is 31.9 Å². The van der Waals surface area contributed by atoms with Crippen LogP contribution in [0.4, 0.5) is 5.82 Å². The van der Waals surface area contributed by atoms with Crippen LogP contribution in [-0.4, -0.2) is 31.2 Å². The van der Waals surface area contributed by atoms with Gasteiger partial charge in [-0.2, -0.15) is 10.2 Å². The number of hydrogen-bond donors (Lipinski definition) is 2. The number of benzene rings is 1. The molecule has 25 heavy (non-hydrogen) atoms. The molecule has 0 amide bonds. The van der Waals surface area contributed by atoms with Crippen LogP contribution < -0.4 is 10.6 Å². The number of anilines is 1. The standard InChI is InChI=1S/C18H22N6S/c1-15-6-2-3-7-16(15)14-24-13-8-17(22-24)21-18(25)19-9-4-11-23-12-5-10-20-23/h2-3,5-8,10,12-13H,4,9,11,14H2,1H3,(H2,19,21,22,25). The lowest BCUT2D eigenvalue weighted by Crippen LogP contribution is -2.30. The number of aromatic nitrogens is 4. The molecule has 6 nitrogen and oxygen atoms in total. The van der Waals surface area contributed by atoms with Crippen molar-refractivity contribution in [3.05, 3.63) is 66.1 Å². The normalized spacial score (nSPS) is 10.6. The van der Waals surface area contributed by atoms with Crippen molar-refractivity contribution >= 4 is 23.1 Å². The molecular weight excluding hydrogens is 332 g/mol. The molecule has 7 heteroatoms. The number of nitrogens with one attached hydrogen (secondary N) is 2. The summed E-state index contributed by atoms with van der Waals surface area (Å²) in [7, 11) is 0. The monoisotopic (exact) mass is 354 g/mol. The smallest absolute Gasteiger partial charge is 0.171 e. The first-order valence-electron chi connectivity index (χ1n) is 8.31. The van der Waals surface area contributed by atoms with Crippen molar-refractivity contribution < 1.29 is 0 Å². The molecule has 0 unspecified atom stereocenters. The van der Waals surface area contributed by atoms with Crippen LogP contribution in [0.1, 0.15) is 17.5 Å². The van der Waals surface area contributed by atoms with Crippen LogP contribution in [0.3, 0.4) is 0 Å². The van der Waals surface area contributed by atoms with E-state index in [2.05, 4.69) is 39.9 Å². The van der Waals surface area contributed by atoms with Crippen LogP contribution in [0.25, 0.3) is 0 Å². The average molecular weight is 354 g/mol. The van der Waals surface area contributed by atoms with Gasteiger partial charge in [0.2, 0.25) is 0 Å². The van der Waals surface area contributed by atoms with Gasteiger partial charge in [0, 0.05) is 37.7 Å². The zero-order chi connectivity index (χ0) is 17.5. The van der Waals surface area contributed by atoms with Crippen LogP contribution >= 0.6 is 12.2 Å². The number of rotatable bonds is 7. The molecule has 3 rings (SSSR count). The fraction of sp³-hybridized carbons (Fsp3) is 0.278. The fourth-order valence-electron chi connectivity index (χ4n) is 2.51. The average Bonchev–Trinajstić information content (AvgIpc) is 3.26. The third-order valence-corrected chi connectivity index (χ3v) is 4.13. The molecule has 2 heterocycles. The molecule has 0 aliphatic rings. The molecule has 0 saturated carbocycles. The lowest BCUT2D eigenvalue weighted by atomic mass is 10.1. The Morgan fingerprint density at radius 2 is 2.00 bits per heavy atom. The zero-order valence-corrected chi connectivity index (χ0v) is 15.0. The van der Waals surface area contributed by atoms with Crippen LogP contribution in [0.5, 0.6) is 0 Å². The molecule has 2 N–H and O–H groups in total. The van der Waals surface area contributed by atoms with E-state index in [0.29, 0.717) is 5.11 Å². The Morgan fingerprint density at radius 1 is 1.12 bits per heavy atom. The molecule has 0 bridgehead atoms. The zero-order valence-electron chi connectivity index (χ0n) is 14.2. The molecule has 0 radical (unpaired) electrons. The highest BCUT2D eigenvalue weighted by Gasteiger charge is 2.03. The Hall–Kier alpha value is -2.67. The predicted octanol–water partition coefficient (Wildman–Crippen LogP) is 2.81. The van der Waals surface area contributed by atoms with Gasteiger partial charge in [0.15, 0.2) is 10.9 Å². The van der Waals surface area contributed by atoms with Crippen molar-refractivity contribution in [1.82, 2.24) is 24.9 Å². The molecule has 1 aromatic carbocycles. The molecule has 0 fully saturated rings. The van der Waals surface area contributed by atoms with E-state index < -0.39 is 0 Å². The first-order valence-corrected chi connectivity index (χ1v) is 8.72. The molecule has 0 saturated heterocycles. The van der Waals surface area contributed by atoms with Gasteiger partial charge in [-0.1, -0.05) is 24.3 Å². The minimum Gasteiger partial charge on any atom is -0.362 e. The molecule has 2 aromatic heterocycles. The quantitative estimate of drug-likeness (QED) is 0.505. The molecular formula is C18H22N6S. The van der Waals surface area contributed by atoms with Crippen molar-refractivity contribution in [2.75, 3.05) is 11.9 Å². The number of hydrogen-bond acceptors (Lipinski definition) is 3. The second kappa shape index (κ2) is 8.43. The summed E-state index contributed by atoms with van der Waals surface area (Å²) < 4.78 is 3.82. The number of thiocarbonyl (C=S) groups is 1. The summed E-state index contributed by atoms with van der Waals surface area (Å²) in [4.78, 5) is 0. The summed E-state index contributed by atoms with van der Waals surface area (Å²) in [6.07, 6.45) is 6.64. The molecule has 0 aliphatic carbocycles. The van der Waals surface area contributed by atoms with Gasteiger partial charge in [0.05, 0.1) is 6.54 Å². The largest absolute Gasteiger partial charge is 0.362 e. The SMILES string of the molecule is Cc1ccccc1Cn1ccc(NC(=S)NCCCn2cccn2)n1. The topological polar surface area (TPSA) is 59.7 Å². The van der Waals surface area contributed by atoms with E-state index >= 15 is 0 Å². The second-order valence-electron chi connectivity index (χ2n) is 5.83. The third kappa shape index (κ3) is 5.15. The van der Waals surface area contributed by atoms with E-state index in [4.69, 9.17) is 12.2 Å². The summed E-state index contributed by atoms with van der Waals surface area (Å²) in [6, 6.07) is 12.2. The Labute approximate surface area is 152 Å². The highest BCUT2D eigenvalue weighted by Crippen LogP contribution is 2.10. The maximum atomic E-state index is 5.32. The molecule has 0 aliphatic heterocycles. The van der Waals surface area contributed by atoms with E-state index in [1.54, 1.807) is 6.20 Å². The number of aryl methyl sites for hydroxylation is 2. The minimum absolute atomic E-state index is 0.585. The van der Waals surface area contributed by atoms with Crippen LogP contribution in [-0.2, 0) is 13.1 Å². The fourth-order valence-corrected chi connectivity index (χ4v) is 2.72. The second-order valence-corrected chi connectivity index (χ2v) is 6.24. The maximum Gasteiger partial charge on any atom is 0.171 e. The Morgan fingerprint density at radius 3 is 2.80 bits per heavy atom. The lowest BCUT2D eigenvalue weighted by molar-refractivity contribution is 0.574. The molecule has 0 atom stereocenters. The van der Waals surface area contributed by atoms with E-state index in [1.807, 2.05) is 46.0 Å². The first-order chi connectivity index (χ1) is 12.2. The van der Waals surface area contributed by atoms with Crippen molar-refractivity contribution in [1.29, 1.82) is 0 Å². The number of nitrogens with zero attached hydrogens (tertiary/aromatic N) is 4. The van der Waals surface area contributed by atoms with Crippen LogP contribution in [0, 0.1) is 6.92 Å². The van der Waals surface area contributed by atoms with Gasteiger partial charge in [-0.25, -0.2) is 0 Å². The van der Waals surface area contributed by atoms with E-state index in [9.17, 15) is 0 Å². The molecule has 130 valence electrons. The van der Waals surface area contributed by atoms with Gasteiger partial charge < -0.3 is 10.6 Å². The van der Waals surface area contributed by atoms with E-state index in [-0.39, 0.29) is 0 Å². The van der Waals surface area contributed by atoms with Crippen molar-refractivity contribution in [3.8, 4) is 0 Å². The van der Waals surface area contributed by atoms with Gasteiger partial charge in [-0.05, 0) is 42.8 Å². The molecule has 0 spiro atoms. The van der Waals surface area contributed by atoms with Crippen molar-refractivity contribution in [2.24, 2.45) is 0 Å². The Kier molecular flexibility index (Phi) is 5.79. The van der Waals surface area contributed by atoms with Crippen LogP contribution in [0.15, 0.2) is 55.0 Å². The molecule has 3 aromatic rings. The summed E-state index contributed by atoms with van der Waals surface area (Å²) in [5.74, 6) is 0.748. The highest BCUT2D eigenvalue weighted by atomic mass is 32.1. The summed E-state index contributed by atoms with van der Waals surface area (Å²) >= 11 is 5.32. The van der Waals surface area contributed by atoms with Gasteiger partial charge >= 0.3 is 0 Å². The summed E-state index contributed by atoms with van der Waals surface area (Å²) in [5.41, 5.74) is 2.53. The predicted molar refractivity (Wildman–Crippen MR) is 104 cm³/mol. The Bertz CT molecular complexity index is 809. The summed E-state index contributed by atoms with van der Waals surface area (Å²) in [5, 5.41) is 15.6. The highest BCUT2D eigenvalue weighted by molar-refractivity contribution is 7.80. The third-order valence-electron chi connectivity index (χ3n) is 3.88. The summed E-state index contributed by atoms with van der Waals surface area (Å²) in [6.45, 7) is 4.52. The Balaban J connectivity index is 1.43. The first kappa shape index (κ1) is 17.2. The maximum absolute atomic E-state index is 5.32. The lowest BCUT2D eigenvalue weighted by Gasteiger charge is -2.09. The minimum atomic E-state index is 0.585. The van der Waals surface area contributed by atoms with Gasteiger partial charge in [0.25, 0.3) is 0 Å². The van der Waals surface area contributed by atoms with Gasteiger partial charge in [-0.3, -0.25) is 9.36 Å². The van der Waals surface area contributed by atoms with Crippen molar-refractivity contribution in [3.63, 3.8) is 0 Å². The van der Waals surface area contributed by atoms with E-state index in [1.165, 1.54) is 11.1 Å². The van der Waals surface area contributed by atoms with Gasteiger partial charge in [0.1, 0.15) is 0 Å². The van der Waals surface area contributed by atoms with Crippen LogP contribution in [0.2, 0.25) is 0 Å². The van der Waals surface area contributed by atoms with Crippen molar-refractivity contribution in [2.45, 2.75) is 26.4 Å². The van der Waals surface area contributed by atoms with Gasteiger partial charge in [-0.15, -0.1) is 0 Å².